The summed E-state index contributed by atoms with van der Waals surface area (Å²) >= 11 is 0. The van der Waals surface area contributed by atoms with E-state index in [0.29, 0.717) is 42.1 Å². The Morgan fingerprint density at radius 3 is 2.39 bits per heavy atom. The van der Waals surface area contributed by atoms with Crippen molar-refractivity contribution < 1.29 is 28.9 Å². The standard InChI is InChI=1S/C29H38N6O6/c1-6-35(28(38)41-24-12-10-21(18-36)11-13-24)17-25-31-33-27(34-32-25)22-8-7-9-23(16-22)30-26(37)19-40-29(4,5)14-15-39-20(2)3/h7-13,16,20,36H,6,14-15,17-19H2,1-5H3,(H,30,37). The third kappa shape index (κ3) is 10.5. The van der Waals surface area contributed by atoms with Crippen molar-refractivity contribution in [3.63, 3.8) is 0 Å². The molecule has 220 valence electrons. The minimum absolute atomic E-state index is 0.0559. The van der Waals surface area contributed by atoms with E-state index in [9.17, 15) is 9.59 Å². The highest BCUT2D eigenvalue weighted by Crippen LogP contribution is 2.20. The van der Waals surface area contributed by atoms with Crippen LogP contribution in [0, 0.1) is 0 Å². The molecule has 3 aromatic rings. The van der Waals surface area contributed by atoms with Gasteiger partial charge in [-0.15, -0.1) is 20.4 Å². The average molecular weight is 567 g/mol. The van der Waals surface area contributed by atoms with Gasteiger partial charge in [-0.05, 0) is 70.9 Å². The fourth-order valence-corrected chi connectivity index (χ4v) is 3.54. The molecule has 0 atom stereocenters. The van der Waals surface area contributed by atoms with Gasteiger partial charge >= 0.3 is 6.09 Å². The molecule has 0 aliphatic rings. The SMILES string of the molecule is CCN(Cc1nnc(-c2cccc(NC(=O)COC(C)(C)CCOC(C)C)c2)nn1)C(=O)Oc1ccc(CO)cc1. The van der Waals surface area contributed by atoms with E-state index in [1.54, 1.807) is 55.5 Å². The quantitative estimate of drug-likeness (QED) is 0.293. The van der Waals surface area contributed by atoms with Crippen LogP contribution >= 0.6 is 0 Å². The van der Waals surface area contributed by atoms with Crippen LogP contribution in [0.15, 0.2) is 48.5 Å². The van der Waals surface area contributed by atoms with E-state index in [4.69, 9.17) is 19.3 Å². The second-order valence-electron chi connectivity index (χ2n) is 10.2. The van der Waals surface area contributed by atoms with Crippen LogP contribution in [-0.2, 0) is 27.4 Å². The molecule has 0 aliphatic heterocycles. The number of amides is 2. The highest BCUT2D eigenvalue weighted by Gasteiger charge is 2.21. The Balaban J connectivity index is 1.54. The Hall–Kier alpha value is -4.00. The summed E-state index contributed by atoms with van der Waals surface area (Å²) in [5.41, 5.74) is 1.38. The molecule has 0 saturated heterocycles. The topological polar surface area (TPSA) is 149 Å². The number of nitrogens with zero attached hydrogens (tertiary/aromatic N) is 5. The highest BCUT2D eigenvalue weighted by molar-refractivity contribution is 5.92. The van der Waals surface area contributed by atoms with E-state index < -0.39 is 11.7 Å². The van der Waals surface area contributed by atoms with E-state index >= 15 is 0 Å². The molecule has 1 aromatic heterocycles. The Labute approximate surface area is 240 Å². The molecule has 0 radical (unpaired) electrons. The number of carbonyl (C=O) groups excluding carboxylic acids is 2. The van der Waals surface area contributed by atoms with Gasteiger partial charge in [0.2, 0.25) is 11.7 Å². The third-order valence-corrected chi connectivity index (χ3v) is 5.96. The molecule has 2 amide bonds. The molecule has 1 heterocycles. The Morgan fingerprint density at radius 2 is 1.76 bits per heavy atom. The second kappa shape index (κ2) is 15.1. The van der Waals surface area contributed by atoms with Crippen LogP contribution in [0.4, 0.5) is 10.5 Å². The predicted octanol–water partition coefficient (Wildman–Crippen LogP) is 4.00. The molecule has 0 bridgehead atoms. The number of anilines is 1. The van der Waals surface area contributed by atoms with Crippen LogP contribution in [0.1, 0.15) is 52.4 Å². The number of aliphatic hydroxyl groups is 1. The average Bonchev–Trinajstić information content (AvgIpc) is 2.95. The Kier molecular flexibility index (Phi) is 11.6. The Bertz CT molecular complexity index is 1270. The number of ether oxygens (including phenoxy) is 3. The predicted molar refractivity (Wildman–Crippen MR) is 152 cm³/mol. The molecule has 0 unspecified atom stereocenters. The van der Waals surface area contributed by atoms with Gasteiger partial charge in [0.15, 0.2) is 5.82 Å². The monoisotopic (exact) mass is 566 g/mol. The van der Waals surface area contributed by atoms with Crippen molar-refractivity contribution in [3.05, 3.63) is 59.9 Å². The molecular formula is C29H38N6O6. The smallest absolute Gasteiger partial charge is 0.410 e. The van der Waals surface area contributed by atoms with Crippen molar-refractivity contribution in [1.29, 1.82) is 0 Å². The van der Waals surface area contributed by atoms with Gasteiger partial charge in [-0.2, -0.15) is 0 Å². The molecule has 12 nitrogen and oxygen atoms in total. The number of hydrogen-bond acceptors (Lipinski definition) is 10. The van der Waals surface area contributed by atoms with Crippen molar-refractivity contribution in [2.45, 2.75) is 65.9 Å². The van der Waals surface area contributed by atoms with Gasteiger partial charge < -0.3 is 29.5 Å². The first-order valence-corrected chi connectivity index (χ1v) is 13.5. The number of rotatable bonds is 14. The third-order valence-electron chi connectivity index (χ3n) is 5.96. The van der Waals surface area contributed by atoms with Crippen LogP contribution in [0.25, 0.3) is 11.4 Å². The molecule has 2 N–H and O–H groups in total. The van der Waals surface area contributed by atoms with Crippen LogP contribution in [0.2, 0.25) is 0 Å². The van der Waals surface area contributed by atoms with Crippen LogP contribution in [0.3, 0.4) is 0 Å². The summed E-state index contributed by atoms with van der Waals surface area (Å²) in [6.07, 6.45) is 0.235. The lowest BCUT2D eigenvalue weighted by Crippen LogP contribution is -2.33. The molecule has 2 aromatic carbocycles. The van der Waals surface area contributed by atoms with Gasteiger partial charge in [-0.1, -0.05) is 24.3 Å². The zero-order valence-corrected chi connectivity index (χ0v) is 24.2. The minimum atomic E-state index is -0.573. The second-order valence-corrected chi connectivity index (χ2v) is 10.2. The number of nitrogens with one attached hydrogen (secondary N) is 1. The Morgan fingerprint density at radius 1 is 1.05 bits per heavy atom. The summed E-state index contributed by atoms with van der Waals surface area (Å²) in [4.78, 5) is 26.5. The number of hydrogen-bond donors (Lipinski definition) is 2. The molecule has 0 aliphatic carbocycles. The summed E-state index contributed by atoms with van der Waals surface area (Å²) in [5, 5.41) is 28.5. The summed E-state index contributed by atoms with van der Waals surface area (Å²) in [6, 6.07) is 13.6. The molecule has 12 heteroatoms. The molecule has 3 rings (SSSR count). The summed E-state index contributed by atoms with van der Waals surface area (Å²) in [6.45, 7) is 10.4. The first-order valence-electron chi connectivity index (χ1n) is 13.5. The molecule has 0 fully saturated rings. The first kappa shape index (κ1) is 31.5. The van der Waals surface area contributed by atoms with Crippen molar-refractivity contribution in [3.8, 4) is 17.1 Å². The molecule has 41 heavy (non-hydrogen) atoms. The summed E-state index contributed by atoms with van der Waals surface area (Å²) < 4.78 is 16.8. The van der Waals surface area contributed by atoms with Gasteiger partial charge in [0.1, 0.15) is 12.4 Å². The maximum Gasteiger partial charge on any atom is 0.415 e. The van der Waals surface area contributed by atoms with Crippen LogP contribution in [0.5, 0.6) is 5.75 Å². The van der Waals surface area contributed by atoms with Gasteiger partial charge in [0.05, 0.1) is 24.9 Å². The molecule has 0 spiro atoms. The van der Waals surface area contributed by atoms with E-state index in [1.807, 2.05) is 27.7 Å². The number of aromatic nitrogens is 4. The van der Waals surface area contributed by atoms with E-state index in [1.165, 1.54) is 4.90 Å². The largest absolute Gasteiger partial charge is 0.415 e. The lowest BCUT2D eigenvalue weighted by Gasteiger charge is -2.25. The lowest BCUT2D eigenvalue weighted by atomic mass is 10.1. The van der Waals surface area contributed by atoms with E-state index in [2.05, 4.69) is 25.7 Å². The van der Waals surface area contributed by atoms with Crippen LogP contribution < -0.4 is 10.1 Å². The van der Waals surface area contributed by atoms with Crippen molar-refractivity contribution in [2.75, 3.05) is 25.1 Å². The number of aliphatic hydroxyl groups excluding tert-OH is 1. The maximum atomic E-state index is 12.6. The first-order chi connectivity index (χ1) is 19.6. The van der Waals surface area contributed by atoms with E-state index in [-0.39, 0.29) is 43.4 Å². The lowest BCUT2D eigenvalue weighted by molar-refractivity contribution is -0.127. The number of benzene rings is 2. The fourth-order valence-electron chi connectivity index (χ4n) is 3.54. The van der Waals surface area contributed by atoms with Crippen molar-refractivity contribution in [1.82, 2.24) is 25.3 Å². The fraction of sp³-hybridized carbons (Fsp3) is 0.448. The highest BCUT2D eigenvalue weighted by atomic mass is 16.6. The molecule has 0 saturated carbocycles. The van der Waals surface area contributed by atoms with Gasteiger partial charge in [0.25, 0.3) is 0 Å². The summed E-state index contributed by atoms with van der Waals surface area (Å²) in [5.74, 6) is 0.577. The molecular weight excluding hydrogens is 528 g/mol. The normalized spacial score (nSPS) is 11.4. The van der Waals surface area contributed by atoms with Crippen LogP contribution in [-0.4, -0.2) is 73.9 Å². The summed E-state index contributed by atoms with van der Waals surface area (Å²) in [7, 11) is 0. The maximum absolute atomic E-state index is 12.6. The van der Waals surface area contributed by atoms with E-state index in [0.717, 1.165) is 0 Å². The minimum Gasteiger partial charge on any atom is -0.410 e. The van der Waals surface area contributed by atoms with Crippen molar-refractivity contribution >= 4 is 17.7 Å². The van der Waals surface area contributed by atoms with Crippen molar-refractivity contribution in [2.24, 2.45) is 0 Å². The van der Waals surface area contributed by atoms with Gasteiger partial charge in [-0.25, -0.2) is 4.79 Å². The zero-order valence-electron chi connectivity index (χ0n) is 24.2. The zero-order chi connectivity index (χ0) is 29.8. The van der Waals surface area contributed by atoms with Gasteiger partial charge in [0, 0.05) is 24.4 Å². The van der Waals surface area contributed by atoms with Gasteiger partial charge in [-0.3, -0.25) is 4.79 Å². The number of carbonyl (C=O) groups is 2.